The standard InChI is InChI=1S/C18H27NO4/c1-11(2)22-16-13-9-7-6-8-12(13)10-14(15(16)20)19-17(21)23-18(3,4)5/h6-9,11,14-16,20H,10H2,1-5H3,(H,19,21)/t14-,15-,16-/m1/s1. The number of alkyl carbamates (subject to hydrolysis) is 1. The minimum absolute atomic E-state index is 0.0250. The van der Waals surface area contributed by atoms with Crippen molar-refractivity contribution in [3.05, 3.63) is 35.4 Å². The Morgan fingerprint density at radius 3 is 2.57 bits per heavy atom. The number of carbonyl (C=O) groups excluding carboxylic acids is 1. The Morgan fingerprint density at radius 1 is 1.30 bits per heavy atom. The molecule has 0 bridgehead atoms. The van der Waals surface area contributed by atoms with Gasteiger partial charge in [0, 0.05) is 0 Å². The third-order valence-electron chi connectivity index (χ3n) is 3.64. The summed E-state index contributed by atoms with van der Waals surface area (Å²) >= 11 is 0. The number of nitrogens with one attached hydrogen (secondary N) is 1. The zero-order valence-electron chi connectivity index (χ0n) is 14.5. The fourth-order valence-corrected chi connectivity index (χ4v) is 2.79. The molecule has 5 nitrogen and oxygen atoms in total. The van der Waals surface area contributed by atoms with Gasteiger partial charge >= 0.3 is 6.09 Å². The number of hydrogen-bond donors (Lipinski definition) is 2. The van der Waals surface area contributed by atoms with Crippen molar-refractivity contribution in [3.63, 3.8) is 0 Å². The van der Waals surface area contributed by atoms with Crippen molar-refractivity contribution in [2.75, 3.05) is 0 Å². The monoisotopic (exact) mass is 321 g/mol. The molecule has 2 N–H and O–H groups in total. The van der Waals surface area contributed by atoms with Crippen molar-refractivity contribution in [1.82, 2.24) is 5.32 Å². The molecule has 1 aromatic carbocycles. The average Bonchev–Trinajstić information content (AvgIpc) is 2.41. The van der Waals surface area contributed by atoms with Crippen LogP contribution in [-0.4, -0.2) is 35.1 Å². The van der Waals surface area contributed by atoms with E-state index in [2.05, 4.69) is 5.32 Å². The van der Waals surface area contributed by atoms with Gasteiger partial charge in [0.15, 0.2) is 0 Å². The zero-order chi connectivity index (χ0) is 17.2. The molecule has 0 spiro atoms. The Hall–Kier alpha value is -1.59. The molecule has 0 radical (unpaired) electrons. The Morgan fingerprint density at radius 2 is 1.96 bits per heavy atom. The Bertz CT molecular complexity index is 550. The van der Waals surface area contributed by atoms with Gasteiger partial charge in [-0.05, 0) is 52.2 Å². The maximum Gasteiger partial charge on any atom is 0.407 e. The lowest BCUT2D eigenvalue weighted by molar-refractivity contribution is -0.0853. The van der Waals surface area contributed by atoms with Gasteiger partial charge in [0.25, 0.3) is 0 Å². The average molecular weight is 321 g/mol. The van der Waals surface area contributed by atoms with Gasteiger partial charge in [-0.1, -0.05) is 24.3 Å². The summed E-state index contributed by atoms with van der Waals surface area (Å²) in [5.74, 6) is 0. The Labute approximate surface area is 138 Å². The molecule has 1 amide bonds. The molecule has 0 aromatic heterocycles. The van der Waals surface area contributed by atoms with E-state index in [0.29, 0.717) is 6.42 Å². The largest absolute Gasteiger partial charge is 0.444 e. The number of hydrogen-bond acceptors (Lipinski definition) is 4. The molecule has 0 aliphatic heterocycles. The molecule has 1 aliphatic rings. The Balaban J connectivity index is 2.18. The second-order valence-corrected chi connectivity index (χ2v) is 7.25. The number of aliphatic hydroxyl groups excluding tert-OH is 1. The normalized spacial score (nSPS) is 24.2. The summed E-state index contributed by atoms with van der Waals surface area (Å²) in [6.07, 6.45) is -1.28. The fraction of sp³-hybridized carbons (Fsp3) is 0.611. The predicted molar refractivity (Wildman–Crippen MR) is 88.3 cm³/mol. The lowest BCUT2D eigenvalue weighted by Gasteiger charge is -2.37. The highest BCUT2D eigenvalue weighted by Gasteiger charge is 2.38. The second-order valence-electron chi connectivity index (χ2n) is 7.25. The molecular weight excluding hydrogens is 294 g/mol. The van der Waals surface area contributed by atoms with Crippen LogP contribution in [0.15, 0.2) is 24.3 Å². The van der Waals surface area contributed by atoms with E-state index in [-0.39, 0.29) is 6.10 Å². The molecule has 128 valence electrons. The highest BCUT2D eigenvalue weighted by atomic mass is 16.6. The van der Waals surface area contributed by atoms with E-state index in [1.807, 2.05) is 58.9 Å². The van der Waals surface area contributed by atoms with Crippen molar-refractivity contribution in [2.45, 2.75) is 71.0 Å². The topological polar surface area (TPSA) is 67.8 Å². The van der Waals surface area contributed by atoms with Gasteiger partial charge in [0.1, 0.15) is 17.8 Å². The van der Waals surface area contributed by atoms with Crippen LogP contribution in [-0.2, 0) is 15.9 Å². The highest BCUT2D eigenvalue weighted by Crippen LogP contribution is 2.34. The lowest BCUT2D eigenvalue weighted by Crippen LogP contribution is -2.51. The highest BCUT2D eigenvalue weighted by molar-refractivity contribution is 5.68. The van der Waals surface area contributed by atoms with Crippen LogP contribution in [0.2, 0.25) is 0 Å². The lowest BCUT2D eigenvalue weighted by atomic mass is 9.84. The van der Waals surface area contributed by atoms with Crippen LogP contribution in [0, 0.1) is 0 Å². The maximum atomic E-state index is 12.0. The number of carbonyl (C=O) groups is 1. The minimum Gasteiger partial charge on any atom is -0.444 e. The van der Waals surface area contributed by atoms with Gasteiger partial charge in [-0.3, -0.25) is 0 Å². The van der Waals surface area contributed by atoms with Gasteiger partial charge in [0.05, 0.1) is 12.1 Å². The first-order chi connectivity index (χ1) is 10.7. The second kappa shape index (κ2) is 6.89. The molecule has 23 heavy (non-hydrogen) atoms. The zero-order valence-corrected chi connectivity index (χ0v) is 14.5. The molecule has 2 rings (SSSR count). The van der Waals surface area contributed by atoms with Crippen molar-refractivity contribution in [1.29, 1.82) is 0 Å². The van der Waals surface area contributed by atoms with Crippen LogP contribution in [0.1, 0.15) is 51.8 Å². The summed E-state index contributed by atoms with van der Waals surface area (Å²) in [7, 11) is 0. The van der Waals surface area contributed by atoms with Gasteiger partial charge in [-0.2, -0.15) is 0 Å². The van der Waals surface area contributed by atoms with Crippen LogP contribution < -0.4 is 5.32 Å². The molecule has 0 fully saturated rings. The molecule has 1 aliphatic carbocycles. The molecule has 0 saturated heterocycles. The van der Waals surface area contributed by atoms with Crippen LogP contribution in [0.5, 0.6) is 0 Å². The van der Waals surface area contributed by atoms with E-state index < -0.39 is 29.9 Å². The third kappa shape index (κ3) is 4.69. The van der Waals surface area contributed by atoms with E-state index >= 15 is 0 Å². The number of rotatable bonds is 3. The molecule has 0 unspecified atom stereocenters. The minimum atomic E-state index is -0.820. The maximum absolute atomic E-state index is 12.0. The number of benzene rings is 1. The first-order valence-corrected chi connectivity index (χ1v) is 8.08. The fourth-order valence-electron chi connectivity index (χ4n) is 2.79. The van der Waals surface area contributed by atoms with Crippen molar-refractivity contribution in [2.24, 2.45) is 0 Å². The van der Waals surface area contributed by atoms with E-state index in [0.717, 1.165) is 11.1 Å². The van der Waals surface area contributed by atoms with Crippen molar-refractivity contribution >= 4 is 6.09 Å². The SMILES string of the molecule is CC(C)O[C@@H]1c2ccccc2C[C@@H](NC(=O)OC(C)(C)C)[C@H]1O. The van der Waals surface area contributed by atoms with Crippen molar-refractivity contribution in [3.8, 4) is 0 Å². The quantitative estimate of drug-likeness (QED) is 0.898. The third-order valence-corrected chi connectivity index (χ3v) is 3.64. The van der Waals surface area contributed by atoms with E-state index in [1.54, 1.807) is 0 Å². The van der Waals surface area contributed by atoms with Crippen LogP contribution in [0.25, 0.3) is 0 Å². The molecule has 3 atom stereocenters. The van der Waals surface area contributed by atoms with Crippen LogP contribution >= 0.6 is 0 Å². The number of fused-ring (bicyclic) bond motifs is 1. The summed E-state index contributed by atoms with van der Waals surface area (Å²) in [4.78, 5) is 12.0. The first kappa shape index (κ1) is 17.8. The van der Waals surface area contributed by atoms with E-state index in [1.165, 1.54) is 0 Å². The summed E-state index contributed by atoms with van der Waals surface area (Å²) in [5, 5.41) is 13.5. The molecular formula is C18H27NO4. The Kier molecular flexibility index (Phi) is 5.32. The van der Waals surface area contributed by atoms with Gasteiger partial charge in [0.2, 0.25) is 0 Å². The summed E-state index contributed by atoms with van der Waals surface area (Å²) < 4.78 is 11.2. The predicted octanol–water partition coefficient (Wildman–Crippen LogP) is 2.96. The van der Waals surface area contributed by atoms with Crippen LogP contribution in [0.3, 0.4) is 0 Å². The number of aliphatic hydroxyl groups is 1. The molecule has 5 heteroatoms. The smallest absolute Gasteiger partial charge is 0.407 e. The number of amides is 1. The van der Waals surface area contributed by atoms with Gasteiger partial charge in [-0.25, -0.2) is 4.79 Å². The van der Waals surface area contributed by atoms with Crippen molar-refractivity contribution < 1.29 is 19.4 Å². The summed E-state index contributed by atoms with van der Waals surface area (Å²) in [5.41, 5.74) is 1.48. The summed E-state index contributed by atoms with van der Waals surface area (Å²) in [6.45, 7) is 9.29. The van der Waals surface area contributed by atoms with E-state index in [4.69, 9.17) is 9.47 Å². The molecule has 0 saturated carbocycles. The van der Waals surface area contributed by atoms with Crippen LogP contribution in [0.4, 0.5) is 4.79 Å². The van der Waals surface area contributed by atoms with E-state index in [9.17, 15) is 9.90 Å². The van der Waals surface area contributed by atoms with Gasteiger partial charge < -0.3 is 19.9 Å². The summed E-state index contributed by atoms with van der Waals surface area (Å²) in [6, 6.07) is 7.41. The first-order valence-electron chi connectivity index (χ1n) is 8.08. The number of ether oxygens (including phenoxy) is 2. The molecule has 0 heterocycles. The van der Waals surface area contributed by atoms with Gasteiger partial charge in [-0.15, -0.1) is 0 Å². The molecule has 1 aromatic rings.